The third-order valence-electron chi connectivity index (χ3n) is 7.40. The largest absolute Gasteiger partial charge is 0.381 e. The molecule has 0 atom stereocenters. The number of carbonyl (C=O) groups is 2. The van der Waals surface area contributed by atoms with Crippen molar-refractivity contribution in [3.05, 3.63) is 90.0 Å². The second kappa shape index (κ2) is 11.7. The molecule has 0 bridgehead atoms. The molecule has 1 saturated heterocycles. The van der Waals surface area contributed by atoms with Gasteiger partial charge in [0.2, 0.25) is 5.91 Å². The summed E-state index contributed by atoms with van der Waals surface area (Å²) in [4.78, 5) is 30.2. The Morgan fingerprint density at radius 1 is 1.07 bits per heavy atom. The van der Waals surface area contributed by atoms with E-state index in [1.54, 1.807) is 47.5 Å². The third-order valence-corrected chi connectivity index (χ3v) is 7.40. The van der Waals surface area contributed by atoms with E-state index < -0.39 is 5.41 Å². The number of benzene rings is 2. The number of aromatic nitrogens is 3. The third kappa shape index (κ3) is 6.18. The van der Waals surface area contributed by atoms with Gasteiger partial charge in [-0.1, -0.05) is 18.2 Å². The quantitative estimate of drug-likeness (QED) is 0.307. The van der Waals surface area contributed by atoms with Crippen molar-refractivity contribution in [2.45, 2.75) is 39.0 Å². The summed E-state index contributed by atoms with van der Waals surface area (Å²) in [7, 11) is 0. The molecule has 3 heterocycles. The Morgan fingerprint density at radius 3 is 2.66 bits per heavy atom. The van der Waals surface area contributed by atoms with Crippen LogP contribution >= 0.6 is 0 Å². The Kier molecular flexibility index (Phi) is 7.95. The van der Waals surface area contributed by atoms with Crippen LogP contribution in [0.25, 0.3) is 16.8 Å². The SMILES string of the molecule is Cc1ccc(NC(=O)c2cccc(C(C)(C)C#N)c2)cc1-n1cc(-c2cnccc2NC(=O)C2CCOCC2)cn1. The monoisotopic (exact) mass is 548 g/mol. The van der Waals surface area contributed by atoms with Gasteiger partial charge in [-0.15, -0.1) is 0 Å². The second-order valence-corrected chi connectivity index (χ2v) is 10.7. The van der Waals surface area contributed by atoms with Crippen LogP contribution in [0.15, 0.2) is 73.3 Å². The maximum atomic E-state index is 13.1. The van der Waals surface area contributed by atoms with E-state index in [1.165, 1.54) is 0 Å². The van der Waals surface area contributed by atoms with Crippen LogP contribution in [-0.4, -0.2) is 39.8 Å². The number of carbonyl (C=O) groups excluding carboxylic acids is 2. The molecule has 2 N–H and O–H groups in total. The maximum absolute atomic E-state index is 13.1. The molecule has 2 amide bonds. The van der Waals surface area contributed by atoms with Gasteiger partial charge in [-0.25, -0.2) is 4.68 Å². The van der Waals surface area contributed by atoms with Gasteiger partial charge in [0.05, 0.1) is 29.1 Å². The highest BCUT2D eigenvalue weighted by Gasteiger charge is 2.23. The predicted molar refractivity (Wildman–Crippen MR) is 157 cm³/mol. The maximum Gasteiger partial charge on any atom is 0.255 e. The first-order valence-corrected chi connectivity index (χ1v) is 13.6. The molecule has 0 unspecified atom stereocenters. The van der Waals surface area contributed by atoms with E-state index in [1.807, 2.05) is 51.2 Å². The highest BCUT2D eigenvalue weighted by Crippen LogP contribution is 2.30. The molecule has 0 radical (unpaired) electrons. The molecule has 5 rings (SSSR count). The van der Waals surface area contributed by atoms with Gasteiger partial charge in [0, 0.05) is 60.1 Å². The first kappa shape index (κ1) is 27.7. The van der Waals surface area contributed by atoms with Crippen LogP contribution in [0.2, 0.25) is 0 Å². The molecule has 2 aromatic carbocycles. The van der Waals surface area contributed by atoms with Crippen LogP contribution in [-0.2, 0) is 14.9 Å². The molecule has 1 fully saturated rings. The second-order valence-electron chi connectivity index (χ2n) is 10.7. The number of anilines is 2. The minimum Gasteiger partial charge on any atom is -0.381 e. The smallest absolute Gasteiger partial charge is 0.255 e. The van der Waals surface area contributed by atoms with Crippen molar-refractivity contribution in [2.75, 3.05) is 23.8 Å². The summed E-state index contributed by atoms with van der Waals surface area (Å²) in [6, 6.07) is 16.8. The van der Waals surface area contributed by atoms with E-state index in [2.05, 4.69) is 26.8 Å². The molecule has 208 valence electrons. The molecular weight excluding hydrogens is 516 g/mol. The molecule has 41 heavy (non-hydrogen) atoms. The van der Waals surface area contributed by atoms with E-state index >= 15 is 0 Å². The summed E-state index contributed by atoms with van der Waals surface area (Å²) in [6.07, 6.45) is 8.39. The fourth-order valence-corrected chi connectivity index (χ4v) is 4.77. The lowest BCUT2D eigenvalue weighted by molar-refractivity contribution is -0.122. The van der Waals surface area contributed by atoms with Crippen molar-refractivity contribution < 1.29 is 14.3 Å². The van der Waals surface area contributed by atoms with Gasteiger partial charge < -0.3 is 15.4 Å². The number of amides is 2. The lowest BCUT2D eigenvalue weighted by Gasteiger charge is -2.21. The number of hydrogen-bond acceptors (Lipinski definition) is 6. The van der Waals surface area contributed by atoms with Gasteiger partial charge >= 0.3 is 0 Å². The van der Waals surface area contributed by atoms with Crippen LogP contribution < -0.4 is 10.6 Å². The molecule has 2 aromatic heterocycles. The Bertz CT molecular complexity index is 1630. The van der Waals surface area contributed by atoms with Gasteiger partial charge in [-0.3, -0.25) is 14.6 Å². The van der Waals surface area contributed by atoms with Crippen LogP contribution in [0.1, 0.15) is 48.2 Å². The minimum atomic E-state index is -0.701. The van der Waals surface area contributed by atoms with Crippen molar-refractivity contribution >= 4 is 23.2 Å². The Labute approximate surface area is 239 Å². The van der Waals surface area contributed by atoms with Gasteiger partial charge in [-0.05, 0) is 75.1 Å². The first-order chi connectivity index (χ1) is 19.7. The fourth-order valence-electron chi connectivity index (χ4n) is 4.77. The number of nitrogens with zero attached hydrogens (tertiary/aromatic N) is 4. The average Bonchev–Trinajstić information content (AvgIpc) is 3.49. The van der Waals surface area contributed by atoms with Crippen LogP contribution in [0.3, 0.4) is 0 Å². The van der Waals surface area contributed by atoms with E-state index in [4.69, 9.17) is 4.74 Å². The summed E-state index contributed by atoms with van der Waals surface area (Å²) in [5, 5.41) is 20.1. The molecule has 0 aliphatic carbocycles. The normalized spacial score (nSPS) is 13.8. The van der Waals surface area contributed by atoms with Gasteiger partial charge in [0.15, 0.2) is 0 Å². The van der Waals surface area contributed by atoms with E-state index in [9.17, 15) is 14.9 Å². The number of nitriles is 1. The number of hydrogen-bond donors (Lipinski definition) is 2. The highest BCUT2D eigenvalue weighted by molar-refractivity contribution is 6.04. The zero-order valence-corrected chi connectivity index (χ0v) is 23.3. The standard InChI is InChI=1S/C32H32N6O3/c1-21-7-8-26(36-31(40)23-5-4-6-25(15-23)32(2,3)20-33)16-29(21)38-19-24(17-35-38)27-18-34-12-9-28(27)37-30(39)22-10-13-41-14-11-22/h4-9,12,15-19,22H,10-11,13-14H2,1-3H3,(H,36,40)(H,34,37,39). The minimum absolute atomic E-state index is 0.0193. The number of ether oxygens (including phenoxy) is 1. The van der Waals surface area contributed by atoms with Crippen LogP contribution in [0, 0.1) is 24.2 Å². The van der Waals surface area contributed by atoms with Crippen molar-refractivity contribution in [1.29, 1.82) is 5.26 Å². The Balaban J connectivity index is 1.36. The average molecular weight is 549 g/mol. The van der Waals surface area contributed by atoms with E-state index in [0.29, 0.717) is 43.0 Å². The van der Waals surface area contributed by atoms with Crippen molar-refractivity contribution in [3.8, 4) is 22.9 Å². The van der Waals surface area contributed by atoms with Gasteiger partial charge in [-0.2, -0.15) is 10.4 Å². The predicted octanol–water partition coefficient (Wildman–Crippen LogP) is 5.66. The summed E-state index contributed by atoms with van der Waals surface area (Å²) < 4.78 is 7.13. The number of pyridine rings is 1. The molecule has 9 heteroatoms. The van der Waals surface area contributed by atoms with Gasteiger partial charge in [0.25, 0.3) is 5.91 Å². The topological polar surface area (TPSA) is 122 Å². The van der Waals surface area contributed by atoms with Gasteiger partial charge in [0.1, 0.15) is 0 Å². The molecule has 0 saturated carbocycles. The molecule has 1 aliphatic rings. The van der Waals surface area contributed by atoms with Crippen molar-refractivity contribution in [3.63, 3.8) is 0 Å². The number of nitrogens with one attached hydrogen (secondary N) is 2. The molecule has 9 nitrogen and oxygen atoms in total. The first-order valence-electron chi connectivity index (χ1n) is 13.6. The lowest BCUT2D eigenvalue weighted by Crippen LogP contribution is -2.28. The molecule has 0 spiro atoms. The zero-order valence-electron chi connectivity index (χ0n) is 23.3. The van der Waals surface area contributed by atoms with Crippen molar-refractivity contribution in [2.24, 2.45) is 5.92 Å². The highest BCUT2D eigenvalue weighted by atomic mass is 16.5. The fraction of sp³-hybridized carbons (Fsp3) is 0.281. The number of aryl methyl sites for hydroxylation is 1. The Morgan fingerprint density at radius 2 is 1.88 bits per heavy atom. The Hall–Kier alpha value is -4.81. The van der Waals surface area contributed by atoms with E-state index in [0.717, 1.165) is 27.9 Å². The summed E-state index contributed by atoms with van der Waals surface area (Å²) in [6.45, 7) is 6.81. The molecule has 4 aromatic rings. The zero-order chi connectivity index (χ0) is 29.0. The summed E-state index contributed by atoms with van der Waals surface area (Å²) >= 11 is 0. The molecule has 1 aliphatic heterocycles. The molecular formula is C32H32N6O3. The van der Waals surface area contributed by atoms with Crippen molar-refractivity contribution in [1.82, 2.24) is 14.8 Å². The van der Waals surface area contributed by atoms with Crippen LogP contribution in [0.5, 0.6) is 0 Å². The van der Waals surface area contributed by atoms with E-state index in [-0.39, 0.29) is 17.7 Å². The number of rotatable bonds is 7. The summed E-state index contributed by atoms with van der Waals surface area (Å²) in [5.74, 6) is -0.362. The van der Waals surface area contributed by atoms with Crippen LogP contribution in [0.4, 0.5) is 11.4 Å². The lowest BCUT2D eigenvalue weighted by atomic mass is 9.85. The summed E-state index contributed by atoms with van der Waals surface area (Å²) in [5.41, 5.74) is 5.17.